The number of carboxylic acids is 1. The normalized spacial score (nSPS) is 14.7. The number of halogens is 2. The summed E-state index contributed by atoms with van der Waals surface area (Å²) >= 11 is 12.0. The van der Waals surface area contributed by atoms with Gasteiger partial charge < -0.3 is 19.2 Å². The highest BCUT2D eigenvalue weighted by molar-refractivity contribution is 7.47. The van der Waals surface area contributed by atoms with Crippen LogP contribution in [0.4, 0.5) is 0 Å². The third kappa shape index (κ3) is 13.6. The largest absolute Gasteiger partial charge is 0.492 e. The van der Waals surface area contributed by atoms with Crippen LogP contribution in [0.5, 0.6) is 5.75 Å². The fraction of sp³-hybridized carbons (Fsp3) is 0.667. The number of hydrogen-bond donors (Lipinski definition) is 2. The molecule has 8 nitrogen and oxygen atoms in total. The second-order valence-electron chi connectivity index (χ2n) is 8.62. The Kier molecular flexibility index (Phi) is 13.1. The number of phosphoric acid groups is 1. The van der Waals surface area contributed by atoms with Crippen LogP contribution in [0.15, 0.2) is 18.2 Å². The van der Waals surface area contributed by atoms with Crippen LogP contribution >= 0.6 is 31.0 Å². The van der Waals surface area contributed by atoms with Gasteiger partial charge in [-0.1, -0.05) is 55.0 Å². The van der Waals surface area contributed by atoms with Gasteiger partial charge in [-0.25, -0.2) is 4.57 Å². The number of phosphoric ester groups is 1. The maximum absolute atomic E-state index is 12.1. The summed E-state index contributed by atoms with van der Waals surface area (Å²) in [6, 6.07) is 5.28. The standard InChI is InChI=1S/C21H34Cl2NO7P/c1-24(2,3)16-17(15-20(25)26)31-32(27,28)30-14-9-7-5-4-6-8-13-29-19-12-10-11-18(22)21(19)23/h10-12,17H,4-9,13-16H2,1-3H3,(H-,25,26,27,28)/p+1. The first-order valence-corrected chi connectivity index (χ1v) is 12.9. The summed E-state index contributed by atoms with van der Waals surface area (Å²) in [5, 5.41) is 9.88. The lowest BCUT2D eigenvalue weighted by molar-refractivity contribution is -0.873. The zero-order valence-electron chi connectivity index (χ0n) is 19.0. The molecule has 0 aliphatic heterocycles. The molecule has 0 radical (unpaired) electrons. The van der Waals surface area contributed by atoms with Gasteiger partial charge in [-0.3, -0.25) is 13.8 Å². The highest BCUT2D eigenvalue weighted by Gasteiger charge is 2.31. The third-order valence-electron chi connectivity index (χ3n) is 4.40. The second-order valence-corrected chi connectivity index (χ2v) is 10.8. The summed E-state index contributed by atoms with van der Waals surface area (Å²) in [6.45, 7) is 0.904. The fourth-order valence-corrected chi connectivity index (χ4v) is 4.31. The van der Waals surface area contributed by atoms with Crippen molar-refractivity contribution in [2.75, 3.05) is 40.9 Å². The number of rotatable bonds is 17. The Bertz CT molecular complexity index is 758. The molecule has 2 unspecified atom stereocenters. The lowest BCUT2D eigenvalue weighted by Crippen LogP contribution is -2.42. The quantitative estimate of drug-likeness (QED) is 0.163. The molecule has 1 rings (SSSR count). The molecule has 2 atom stereocenters. The molecule has 0 spiro atoms. The first kappa shape index (κ1) is 29.2. The molecule has 0 fully saturated rings. The molecule has 32 heavy (non-hydrogen) atoms. The number of carbonyl (C=O) groups is 1. The van der Waals surface area contributed by atoms with Crippen LogP contribution < -0.4 is 4.74 Å². The molecule has 184 valence electrons. The monoisotopic (exact) mass is 514 g/mol. The van der Waals surface area contributed by atoms with E-state index in [-0.39, 0.29) is 19.6 Å². The average Bonchev–Trinajstić information content (AvgIpc) is 2.64. The molecule has 0 heterocycles. The maximum Gasteiger partial charge on any atom is 0.472 e. The summed E-state index contributed by atoms with van der Waals surface area (Å²) in [5.74, 6) is -0.511. The van der Waals surface area contributed by atoms with Crippen molar-refractivity contribution in [1.29, 1.82) is 0 Å². The molecule has 0 saturated heterocycles. The number of nitrogens with zero attached hydrogens (tertiary/aromatic N) is 1. The molecule has 0 saturated carbocycles. The molecular formula is C21H35Cl2NO7P+. The molecule has 11 heteroatoms. The van der Waals surface area contributed by atoms with Crippen LogP contribution in [-0.2, 0) is 18.4 Å². The van der Waals surface area contributed by atoms with Gasteiger partial charge in [-0.15, -0.1) is 0 Å². The van der Waals surface area contributed by atoms with Gasteiger partial charge in [-0.2, -0.15) is 0 Å². The molecule has 0 amide bonds. The van der Waals surface area contributed by atoms with Crippen molar-refractivity contribution in [3.05, 3.63) is 28.2 Å². The Morgan fingerprint density at radius 3 is 2.25 bits per heavy atom. The van der Waals surface area contributed by atoms with Crippen LogP contribution in [-0.4, -0.2) is 67.5 Å². The van der Waals surface area contributed by atoms with Crippen LogP contribution in [0, 0.1) is 0 Å². The Balaban J connectivity index is 2.16. The zero-order chi connectivity index (χ0) is 24.2. The lowest BCUT2D eigenvalue weighted by Gasteiger charge is -2.29. The van der Waals surface area contributed by atoms with Crippen LogP contribution in [0.2, 0.25) is 10.0 Å². The van der Waals surface area contributed by atoms with Crippen molar-refractivity contribution in [3.8, 4) is 5.75 Å². The van der Waals surface area contributed by atoms with E-state index in [1.165, 1.54) is 0 Å². The van der Waals surface area contributed by atoms with E-state index < -0.39 is 19.9 Å². The van der Waals surface area contributed by atoms with Gasteiger partial charge in [0, 0.05) is 0 Å². The minimum Gasteiger partial charge on any atom is -0.492 e. The predicted molar refractivity (Wildman–Crippen MR) is 125 cm³/mol. The summed E-state index contributed by atoms with van der Waals surface area (Å²) < 4.78 is 28.3. The van der Waals surface area contributed by atoms with Gasteiger partial charge in [0.2, 0.25) is 0 Å². The van der Waals surface area contributed by atoms with Crippen molar-refractivity contribution >= 4 is 37.0 Å². The number of hydrogen-bond acceptors (Lipinski definition) is 5. The van der Waals surface area contributed by atoms with Gasteiger partial charge in [0.25, 0.3) is 0 Å². The molecule has 0 aliphatic rings. The van der Waals surface area contributed by atoms with E-state index in [9.17, 15) is 14.3 Å². The summed E-state index contributed by atoms with van der Waals surface area (Å²) in [4.78, 5) is 20.9. The third-order valence-corrected chi connectivity index (χ3v) is 6.28. The Hall–Kier alpha value is -0.860. The smallest absolute Gasteiger partial charge is 0.472 e. The molecule has 0 aromatic heterocycles. The minimum absolute atomic E-state index is 0.0777. The molecule has 1 aromatic rings. The number of aliphatic carboxylic acids is 1. The maximum atomic E-state index is 12.1. The number of unbranched alkanes of at least 4 members (excludes halogenated alkanes) is 5. The minimum atomic E-state index is -4.31. The number of benzene rings is 1. The van der Waals surface area contributed by atoms with Crippen molar-refractivity contribution < 1.29 is 37.6 Å². The van der Waals surface area contributed by atoms with E-state index >= 15 is 0 Å². The molecule has 0 bridgehead atoms. The topological polar surface area (TPSA) is 102 Å². The van der Waals surface area contributed by atoms with Crippen molar-refractivity contribution in [2.24, 2.45) is 0 Å². The van der Waals surface area contributed by atoms with E-state index in [4.69, 9.17) is 42.1 Å². The van der Waals surface area contributed by atoms with E-state index in [0.717, 1.165) is 32.1 Å². The SMILES string of the molecule is C[N+](C)(C)CC(CC(=O)O)OP(=O)(O)OCCCCCCCCOc1cccc(Cl)c1Cl. The van der Waals surface area contributed by atoms with Gasteiger partial charge in [0.1, 0.15) is 23.4 Å². The van der Waals surface area contributed by atoms with Gasteiger partial charge in [0.15, 0.2) is 0 Å². The lowest BCUT2D eigenvalue weighted by atomic mass is 10.1. The summed E-state index contributed by atoms with van der Waals surface area (Å²) in [7, 11) is 1.23. The Morgan fingerprint density at radius 1 is 1.06 bits per heavy atom. The zero-order valence-corrected chi connectivity index (χ0v) is 21.4. The van der Waals surface area contributed by atoms with Crippen LogP contribution in [0.1, 0.15) is 44.9 Å². The first-order valence-electron chi connectivity index (χ1n) is 10.6. The molecule has 1 aromatic carbocycles. The van der Waals surface area contributed by atoms with Crippen molar-refractivity contribution in [3.63, 3.8) is 0 Å². The molecule has 2 N–H and O–H groups in total. The highest BCUT2D eigenvalue weighted by Crippen LogP contribution is 2.45. The number of likely N-dealkylation sites (N-methyl/N-ethyl adjacent to an activating group) is 1. The number of quaternary nitrogens is 1. The van der Waals surface area contributed by atoms with E-state index in [2.05, 4.69) is 0 Å². The van der Waals surface area contributed by atoms with Crippen molar-refractivity contribution in [1.82, 2.24) is 0 Å². The average molecular weight is 515 g/mol. The van der Waals surface area contributed by atoms with Crippen LogP contribution in [0.3, 0.4) is 0 Å². The Morgan fingerprint density at radius 2 is 1.66 bits per heavy atom. The van der Waals surface area contributed by atoms with E-state index in [0.29, 0.717) is 33.3 Å². The molecular weight excluding hydrogens is 480 g/mol. The number of carboxylic acid groups (broad SMARTS) is 1. The van der Waals surface area contributed by atoms with Crippen LogP contribution in [0.25, 0.3) is 0 Å². The van der Waals surface area contributed by atoms with Gasteiger partial charge in [0.05, 0.1) is 45.8 Å². The summed E-state index contributed by atoms with van der Waals surface area (Å²) in [5.41, 5.74) is 0. The van der Waals surface area contributed by atoms with E-state index in [1.54, 1.807) is 18.2 Å². The van der Waals surface area contributed by atoms with Crippen molar-refractivity contribution in [2.45, 2.75) is 51.0 Å². The summed E-state index contributed by atoms with van der Waals surface area (Å²) in [6.07, 6.45) is 4.02. The second kappa shape index (κ2) is 14.4. The number of ether oxygens (including phenoxy) is 1. The predicted octanol–water partition coefficient (Wildman–Crippen LogP) is 5.40. The Labute approximate surface area is 200 Å². The van der Waals surface area contributed by atoms with E-state index in [1.807, 2.05) is 21.1 Å². The molecule has 0 aliphatic carbocycles. The highest BCUT2D eigenvalue weighted by atomic mass is 35.5. The first-order chi connectivity index (χ1) is 14.9. The fourth-order valence-electron chi connectivity index (χ4n) is 3.03. The van der Waals surface area contributed by atoms with Gasteiger partial charge >= 0.3 is 13.8 Å². The van der Waals surface area contributed by atoms with Gasteiger partial charge in [-0.05, 0) is 25.0 Å².